The highest BCUT2D eigenvalue weighted by Crippen LogP contribution is 2.22. The van der Waals surface area contributed by atoms with Crippen molar-refractivity contribution in [1.29, 1.82) is 0 Å². The topological polar surface area (TPSA) is 46.6 Å². The molecular formula is C23H25NO3. The van der Waals surface area contributed by atoms with Crippen LogP contribution >= 0.6 is 0 Å². The third-order valence-electron chi connectivity index (χ3n) is 4.88. The molecule has 0 aromatic heterocycles. The Kier molecular flexibility index (Phi) is 6.80. The largest absolute Gasteiger partial charge is 0.435 e. The minimum atomic E-state index is -0.249. The van der Waals surface area contributed by atoms with Gasteiger partial charge in [0.25, 0.3) is 5.91 Å². The van der Waals surface area contributed by atoms with Crippen LogP contribution in [0.3, 0.4) is 0 Å². The fourth-order valence-electron chi connectivity index (χ4n) is 3.31. The molecule has 0 radical (unpaired) electrons. The Morgan fingerprint density at radius 2 is 1.59 bits per heavy atom. The molecule has 0 unspecified atom stereocenters. The Hall–Kier alpha value is -2.88. The second-order valence-electron chi connectivity index (χ2n) is 6.86. The normalized spacial score (nSPS) is 15.0. The van der Waals surface area contributed by atoms with Gasteiger partial charge in [0.1, 0.15) is 0 Å². The smallest absolute Gasteiger partial charge is 0.315 e. The molecule has 1 saturated heterocycles. The molecule has 2 aromatic carbocycles. The van der Waals surface area contributed by atoms with Crippen molar-refractivity contribution in [2.45, 2.75) is 25.7 Å². The second kappa shape index (κ2) is 9.72. The van der Waals surface area contributed by atoms with Gasteiger partial charge >= 0.3 is 5.97 Å². The highest BCUT2D eigenvalue weighted by molar-refractivity contribution is 5.94. The number of piperidine rings is 1. The Balaban J connectivity index is 1.36. The monoisotopic (exact) mass is 363 g/mol. The summed E-state index contributed by atoms with van der Waals surface area (Å²) in [5.41, 5.74) is 1.70. The summed E-state index contributed by atoms with van der Waals surface area (Å²) < 4.78 is 5.17. The van der Waals surface area contributed by atoms with E-state index in [9.17, 15) is 9.59 Å². The van der Waals surface area contributed by atoms with E-state index in [4.69, 9.17) is 4.74 Å². The number of likely N-dealkylation sites (tertiary alicyclic amines) is 1. The first-order chi connectivity index (χ1) is 13.2. The fraction of sp³-hybridized carbons (Fsp3) is 0.304. The molecule has 1 fully saturated rings. The summed E-state index contributed by atoms with van der Waals surface area (Å²) in [6.07, 6.45) is 6.52. The fourth-order valence-corrected chi connectivity index (χ4v) is 3.31. The van der Waals surface area contributed by atoms with Gasteiger partial charge in [-0.1, -0.05) is 48.5 Å². The average molecular weight is 363 g/mol. The van der Waals surface area contributed by atoms with E-state index in [1.165, 1.54) is 6.26 Å². The molecule has 27 heavy (non-hydrogen) atoms. The maximum Gasteiger partial charge on any atom is 0.315 e. The first-order valence-electron chi connectivity index (χ1n) is 9.45. The number of benzene rings is 2. The van der Waals surface area contributed by atoms with Crippen molar-refractivity contribution in [1.82, 2.24) is 4.90 Å². The van der Waals surface area contributed by atoms with E-state index in [1.54, 1.807) is 0 Å². The number of hydrogen-bond donors (Lipinski definition) is 0. The number of hydrogen-bond acceptors (Lipinski definition) is 3. The summed E-state index contributed by atoms with van der Waals surface area (Å²) in [7, 11) is 0. The van der Waals surface area contributed by atoms with Crippen molar-refractivity contribution in [2.75, 3.05) is 13.1 Å². The van der Waals surface area contributed by atoms with Gasteiger partial charge in [0.15, 0.2) is 0 Å². The van der Waals surface area contributed by atoms with Crippen LogP contribution in [-0.2, 0) is 16.0 Å². The van der Waals surface area contributed by atoms with Crippen LogP contribution in [0.2, 0.25) is 0 Å². The summed E-state index contributed by atoms with van der Waals surface area (Å²) in [5, 5.41) is 0. The number of carbonyl (C=O) groups excluding carboxylic acids is 2. The van der Waals surface area contributed by atoms with Crippen LogP contribution in [0, 0.1) is 5.92 Å². The van der Waals surface area contributed by atoms with Crippen molar-refractivity contribution >= 4 is 11.9 Å². The Labute approximate surface area is 160 Å². The molecule has 0 saturated carbocycles. The minimum Gasteiger partial charge on any atom is -0.435 e. The number of ether oxygens (including phenoxy) is 1. The molecule has 0 N–H and O–H groups in total. The predicted octanol–water partition coefficient (Wildman–Crippen LogP) is 4.23. The molecular weight excluding hydrogens is 338 g/mol. The summed E-state index contributed by atoms with van der Waals surface area (Å²) in [6, 6.07) is 19.0. The molecule has 3 rings (SSSR count). The van der Waals surface area contributed by atoms with Crippen molar-refractivity contribution in [3.05, 3.63) is 84.1 Å². The van der Waals surface area contributed by atoms with Gasteiger partial charge in [0.2, 0.25) is 0 Å². The van der Waals surface area contributed by atoms with Crippen LogP contribution < -0.4 is 0 Å². The van der Waals surface area contributed by atoms with Gasteiger partial charge in [-0.15, -0.1) is 0 Å². The molecule has 0 bridgehead atoms. The zero-order valence-corrected chi connectivity index (χ0v) is 15.4. The van der Waals surface area contributed by atoms with Crippen LogP contribution in [0.1, 0.15) is 35.2 Å². The number of allylic oxidation sites excluding steroid dienone is 1. The van der Waals surface area contributed by atoms with E-state index in [0.29, 0.717) is 5.92 Å². The maximum atomic E-state index is 12.4. The summed E-state index contributed by atoms with van der Waals surface area (Å²) in [4.78, 5) is 26.2. The van der Waals surface area contributed by atoms with Crippen molar-refractivity contribution in [3.63, 3.8) is 0 Å². The number of carbonyl (C=O) groups is 2. The Morgan fingerprint density at radius 1 is 0.963 bits per heavy atom. The van der Waals surface area contributed by atoms with Crippen LogP contribution in [0.25, 0.3) is 0 Å². The lowest BCUT2D eigenvalue weighted by atomic mass is 9.93. The summed E-state index contributed by atoms with van der Waals surface area (Å²) in [5.74, 6) is 0.383. The van der Waals surface area contributed by atoms with Gasteiger partial charge in [-0.05, 0) is 49.0 Å². The second-order valence-corrected chi connectivity index (χ2v) is 6.86. The van der Waals surface area contributed by atoms with E-state index in [1.807, 2.05) is 71.6 Å². The highest BCUT2D eigenvalue weighted by atomic mass is 16.5. The van der Waals surface area contributed by atoms with Crippen LogP contribution in [0.5, 0.6) is 0 Å². The first kappa shape index (κ1) is 18.9. The van der Waals surface area contributed by atoms with Crippen molar-refractivity contribution in [2.24, 2.45) is 5.92 Å². The molecule has 0 spiro atoms. The van der Waals surface area contributed by atoms with Gasteiger partial charge in [-0.2, -0.15) is 0 Å². The van der Waals surface area contributed by atoms with Crippen LogP contribution in [0.4, 0.5) is 0 Å². The third-order valence-corrected chi connectivity index (χ3v) is 4.88. The standard InChI is InChI=1S/C23H25NO3/c25-22(18-20-8-3-1-4-9-20)27-17-7-10-19-13-15-24(16-14-19)23(26)21-11-5-2-6-12-21/h1-9,11-12,17,19H,10,13-16,18H2. The molecule has 1 aliphatic heterocycles. The lowest BCUT2D eigenvalue weighted by Gasteiger charge is -2.31. The van der Waals surface area contributed by atoms with E-state index < -0.39 is 0 Å². The molecule has 140 valence electrons. The zero-order chi connectivity index (χ0) is 18.9. The molecule has 0 aliphatic carbocycles. The lowest BCUT2D eigenvalue weighted by Crippen LogP contribution is -2.38. The number of amides is 1. The SMILES string of the molecule is O=C(Cc1ccccc1)OC=CCC1CCN(C(=O)c2ccccc2)CC1. The molecule has 1 heterocycles. The van der Waals surface area contributed by atoms with Gasteiger partial charge in [0, 0.05) is 18.7 Å². The zero-order valence-electron chi connectivity index (χ0n) is 15.4. The predicted molar refractivity (Wildman–Crippen MR) is 105 cm³/mol. The summed E-state index contributed by atoms with van der Waals surface area (Å²) >= 11 is 0. The Bertz CT molecular complexity index is 763. The van der Waals surface area contributed by atoms with Gasteiger partial charge in [-0.25, -0.2) is 0 Å². The third kappa shape index (κ3) is 5.81. The van der Waals surface area contributed by atoms with E-state index >= 15 is 0 Å². The van der Waals surface area contributed by atoms with E-state index in [-0.39, 0.29) is 18.3 Å². The molecule has 4 heteroatoms. The first-order valence-corrected chi connectivity index (χ1v) is 9.45. The highest BCUT2D eigenvalue weighted by Gasteiger charge is 2.22. The number of rotatable bonds is 6. The van der Waals surface area contributed by atoms with Crippen LogP contribution in [0.15, 0.2) is 73.0 Å². The quantitative estimate of drug-likeness (QED) is 0.570. The molecule has 4 nitrogen and oxygen atoms in total. The van der Waals surface area contributed by atoms with Crippen molar-refractivity contribution < 1.29 is 14.3 Å². The molecule has 2 aromatic rings. The lowest BCUT2D eigenvalue weighted by molar-refractivity contribution is -0.137. The summed E-state index contributed by atoms with van der Waals surface area (Å²) in [6.45, 7) is 1.56. The van der Waals surface area contributed by atoms with Gasteiger partial charge in [-0.3, -0.25) is 9.59 Å². The molecule has 1 aliphatic rings. The van der Waals surface area contributed by atoms with Gasteiger partial charge in [0.05, 0.1) is 12.7 Å². The minimum absolute atomic E-state index is 0.111. The number of esters is 1. The maximum absolute atomic E-state index is 12.4. The van der Waals surface area contributed by atoms with E-state index in [2.05, 4.69) is 0 Å². The van der Waals surface area contributed by atoms with Crippen LogP contribution in [-0.4, -0.2) is 29.9 Å². The number of nitrogens with zero attached hydrogens (tertiary/aromatic N) is 1. The Morgan fingerprint density at radius 3 is 2.26 bits per heavy atom. The van der Waals surface area contributed by atoms with Gasteiger partial charge < -0.3 is 9.64 Å². The average Bonchev–Trinajstić information content (AvgIpc) is 2.72. The van der Waals surface area contributed by atoms with Crippen molar-refractivity contribution in [3.8, 4) is 0 Å². The molecule has 0 atom stereocenters. The van der Waals surface area contributed by atoms with E-state index in [0.717, 1.165) is 43.5 Å². The molecule has 1 amide bonds.